The van der Waals surface area contributed by atoms with Crippen LogP contribution in [-0.2, 0) is 6.18 Å². The predicted octanol–water partition coefficient (Wildman–Crippen LogP) is 6.08. The molecule has 0 spiro atoms. The highest BCUT2D eigenvalue weighted by molar-refractivity contribution is 6.12. The molecule has 1 fully saturated rings. The Morgan fingerprint density at radius 1 is 0.844 bits per heavy atom. The Hall–Kier alpha value is -3.48. The van der Waals surface area contributed by atoms with Crippen LogP contribution in [-0.4, -0.2) is 19.0 Å². The highest BCUT2D eigenvalue weighted by atomic mass is 19.4. The number of hydrogen-bond donors (Lipinski definition) is 1. The van der Waals surface area contributed by atoms with E-state index in [9.17, 15) is 18.0 Å². The molecule has 0 bridgehead atoms. The van der Waals surface area contributed by atoms with Crippen LogP contribution in [0.1, 0.15) is 40.5 Å². The van der Waals surface area contributed by atoms with Gasteiger partial charge in [-0.2, -0.15) is 13.2 Å². The first-order valence-electron chi connectivity index (χ1n) is 10.6. The molecule has 4 nitrogen and oxygen atoms in total. The van der Waals surface area contributed by atoms with Crippen LogP contribution in [0.15, 0.2) is 72.8 Å². The van der Waals surface area contributed by atoms with Crippen molar-refractivity contribution in [1.82, 2.24) is 0 Å². The number of amides is 1. The van der Waals surface area contributed by atoms with Gasteiger partial charge in [0.25, 0.3) is 5.91 Å². The Labute approximate surface area is 184 Å². The monoisotopic (exact) mass is 437 g/mol. The van der Waals surface area contributed by atoms with Crippen LogP contribution < -0.4 is 15.1 Å². The Balaban J connectivity index is 1.57. The molecule has 1 amide bonds. The van der Waals surface area contributed by atoms with Gasteiger partial charge in [0.1, 0.15) is 6.17 Å². The molecule has 1 atom stereocenters. The summed E-state index contributed by atoms with van der Waals surface area (Å²) in [6.07, 6.45) is -2.79. The summed E-state index contributed by atoms with van der Waals surface area (Å²) in [4.78, 5) is 17.1. The second kappa shape index (κ2) is 7.89. The number of alkyl halides is 3. The molecule has 2 heterocycles. The molecular formula is C25H22F3N3O. The summed E-state index contributed by atoms with van der Waals surface area (Å²) < 4.78 is 40.1. The van der Waals surface area contributed by atoms with E-state index in [0.29, 0.717) is 11.3 Å². The molecule has 0 radical (unpaired) electrons. The zero-order valence-corrected chi connectivity index (χ0v) is 17.3. The highest BCUT2D eigenvalue weighted by Gasteiger charge is 2.36. The van der Waals surface area contributed by atoms with Crippen molar-refractivity contribution in [3.8, 4) is 0 Å². The number of nitrogens with one attached hydrogen (secondary N) is 1. The molecule has 3 aromatic rings. The van der Waals surface area contributed by atoms with E-state index in [1.54, 1.807) is 12.1 Å². The van der Waals surface area contributed by atoms with Crippen LogP contribution >= 0.6 is 0 Å². The lowest BCUT2D eigenvalue weighted by Gasteiger charge is -2.38. The Morgan fingerprint density at radius 2 is 1.56 bits per heavy atom. The van der Waals surface area contributed by atoms with Gasteiger partial charge in [0, 0.05) is 30.2 Å². The van der Waals surface area contributed by atoms with Gasteiger partial charge >= 0.3 is 6.18 Å². The molecule has 2 aliphatic rings. The van der Waals surface area contributed by atoms with E-state index in [1.165, 1.54) is 29.9 Å². The Morgan fingerprint density at radius 3 is 2.28 bits per heavy atom. The van der Waals surface area contributed by atoms with E-state index in [2.05, 4.69) is 10.2 Å². The SMILES string of the molecule is O=C1c2ccccc2NC(c2ccc(N3CCCC3)cc2)N1c1cccc(C(F)(F)F)c1. The van der Waals surface area contributed by atoms with Crippen molar-refractivity contribution in [2.75, 3.05) is 28.2 Å². The van der Waals surface area contributed by atoms with Crippen molar-refractivity contribution >= 4 is 23.0 Å². The second-order valence-corrected chi connectivity index (χ2v) is 8.10. The molecule has 164 valence electrons. The summed E-state index contributed by atoms with van der Waals surface area (Å²) in [5.74, 6) is -0.340. The molecule has 1 unspecified atom stereocenters. The first kappa shape index (κ1) is 20.4. The minimum atomic E-state index is -4.49. The number of benzene rings is 3. The van der Waals surface area contributed by atoms with Crippen molar-refractivity contribution < 1.29 is 18.0 Å². The standard InChI is InChI=1S/C25H22F3N3O/c26-25(27,28)18-6-5-7-20(16-18)31-23(29-22-9-2-1-8-21(22)24(31)32)17-10-12-19(13-11-17)30-14-3-4-15-30/h1-2,5-13,16,23,29H,3-4,14-15H2. The fourth-order valence-electron chi connectivity index (χ4n) is 4.43. The lowest BCUT2D eigenvalue weighted by Crippen LogP contribution is -2.43. The van der Waals surface area contributed by atoms with Crippen LogP contribution in [0.2, 0.25) is 0 Å². The number of halogens is 3. The van der Waals surface area contributed by atoms with Crippen LogP contribution in [0, 0.1) is 0 Å². The molecule has 2 aliphatic heterocycles. The number of para-hydroxylation sites is 1. The summed E-state index contributed by atoms with van der Waals surface area (Å²) in [7, 11) is 0. The van der Waals surface area contributed by atoms with Crippen LogP contribution in [0.25, 0.3) is 0 Å². The minimum absolute atomic E-state index is 0.195. The third-order valence-corrected chi connectivity index (χ3v) is 6.06. The van der Waals surface area contributed by atoms with Gasteiger partial charge in [-0.25, -0.2) is 0 Å². The summed E-state index contributed by atoms with van der Waals surface area (Å²) in [6, 6.07) is 19.9. The van der Waals surface area contributed by atoms with Crippen molar-refractivity contribution in [2.45, 2.75) is 25.2 Å². The van der Waals surface area contributed by atoms with Gasteiger partial charge < -0.3 is 10.2 Å². The van der Waals surface area contributed by atoms with E-state index in [-0.39, 0.29) is 11.6 Å². The lowest BCUT2D eigenvalue weighted by molar-refractivity contribution is -0.137. The number of nitrogens with zero attached hydrogens (tertiary/aromatic N) is 2. The maximum atomic E-state index is 13.4. The zero-order chi connectivity index (χ0) is 22.3. The molecule has 7 heteroatoms. The first-order chi connectivity index (χ1) is 15.4. The summed E-state index contributed by atoms with van der Waals surface area (Å²) in [5, 5.41) is 3.35. The normalized spacial score (nSPS) is 18.5. The minimum Gasteiger partial charge on any atom is -0.372 e. The third kappa shape index (κ3) is 3.68. The number of rotatable bonds is 3. The average Bonchev–Trinajstić information content (AvgIpc) is 3.34. The molecule has 0 saturated carbocycles. The summed E-state index contributed by atoms with van der Waals surface area (Å²) in [6.45, 7) is 2.03. The van der Waals surface area contributed by atoms with Gasteiger partial charge in [0.05, 0.1) is 11.1 Å². The van der Waals surface area contributed by atoms with Crippen molar-refractivity contribution in [3.63, 3.8) is 0 Å². The first-order valence-corrected chi connectivity index (χ1v) is 10.6. The van der Waals surface area contributed by atoms with Gasteiger partial charge in [0.2, 0.25) is 0 Å². The van der Waals surface area contributed by atoms with Gasteiger partial charge in [-0.15, -0.1) is 0 Å². The van der Waals surface area contributed by atoms with E-state index >= 15 is 0 Å². The average molecular weight is 437 g/mol. The van der Waals surface area contributed by atoms with Gasteiger partial charge in [-0.3, -0.25) is 9.69 Å². The number of hydrogen-bond acceptors (Lipinski definition) is 3. The zero-order valence-electron chi connectivity index (χ0n) is 17.3. The summed E-state index contributed by atoms with van der Waals surface area (Å²) >= 11 is 0. The number of carbonyl (C=O) groups is 1. The fourth-order valence-corrected chi connectivity index (χ4v) is 4.43. The van der Waals surface area contributed by atoms with E-state index in [4.69, 9.17) is 0 Å². The van der Waals surface area contributed by atoms with Crippen molar-refractivity contribution in [2.24, 2.45) is 0 Å². The number of carbonyl (C=O) groups excluding carboxylic acids is 1. The second-order valence-electron chi connectivity index (χ2n) is 8.10. The molecule has 5 rings (SSSR count). The maximum Gasteiger partial charge on any atom is 0.416 e. The predicted molar refractivity (Wildman–Crippen MR) is 119 cm³/mol. The van der Waals surface area contributed by atoms with E-state index in [0.717, 1.165) is 36.5 Å². The van der Waals surface area contributed by atoms with E-state index in [1.807, 2.05) is 36.4 Å². The molecular weight excluding hydrogens is 415 g/mol. The fraction of sp³-hybridized carbons (Fsp3) is 0.240. The van der Waals surface area contributed by atoms with Crippen LogP contribution in [0.4, 0.5) is 30.2 Å². The van der Waals surface area contributed by atoms with E-state index < -0.39 is 17.9 Å². The van der Waals surface area contributed by atoms with Crippen molar-refractivity contribution in [1.29, 1.82) is 0 Å². The Kier molecular flexibility index (Phi) is 5.04. The lowest BCUT2D eigenvalue weighted by atomic mass is 10.0. The molecule has 32 heavy (non-hydrogen) atoms. The topological polar surface area (TPSA) is 35.6 Å². The molecule has 3 aromatic carbocycles. The highest BCUT2D eigenvalue weighted by Crippen LogP contribution is 2.39. The molecule has 1 N–H and O–H groups in total. The van der Waals surface area contributed by atoms with Crippen LogP contribution in [0.5, 0.6) is 0 Å². The van der Waals surface area contributed by atoms with Crippen molar-refractivity contribution in [3.05, 3.63) is 89.5 Å². The third-order valence-electron chi connectivity index (χ3n) is 6.06. The molecule has 0 aliphatic carbocycles. The molecule has 0 aromatic heterocycles. The number of anilines is 3. The van der Waals surface area contributed by atoms with Crippen LogP contribution in [0.3, 0.4) is 0 Å². The Bertz CT molecular complexity index is 1140. The van der Waals surface area contributed by atoms with Gasteiger partial charge in [-0.05, 0) is 60.9 Å². The summed E-state index contributed by atoms with van der Waals surface area (Å²) in [5.41, 5.74) is 2.40. The van der Waals surface area contributed by atoms with Gasteiger partial charge in [-0.1, -0.05) is 30.3 Å². The number of fused-ring (bicyclic) bond motifs is 1. The smallest absolute Gasteiger partial charge is 0.372 e. The largest absolute Gasteiger partial charge is 0.416 e. The van der Waals surface area contributed by atoms with Gasteiger partial charge in [0.15, 0.2) is 0 Å². The maximum absolute atomic E-state index is 13.4. The quantitative estimate of drug-likeness (QED) is 0.540. The molecule has 1 saturated heterocycles.